The lowest BCUT2D eigenvalue weighted by Crippen LogP contribution is -2.64. The van der Waals surface area contributed by atoms with E-state index in [1.807, 2.05) is 97.1 Å². The van der Waals surface area contributed by atoms with E-state index in [1.54, 1.807) is 6.92 Å². The van der Waals surface area contributed by atoms with E-state index in [0.29, 0.717) is 11.3 Å². The molecule has 1 saturated heterocycles. The lowest BCUT2D eigenvalue weighted by atomic mass is 9.64. The molecule has 0 N–H and O–H groups in total. The molecular weight excluding hydrogens is 777 g/mol. The number of carbonyl (C=O) groups excluding carboxylic acids is 2. The monoisotopic (exact) mass is 826 g/mol. The zero-order valence-corrected chi connectivity index (χ0v) is 35.9. The Morgan fingerprint density at radius 1 is 0.793 bits per heavy atom. The van der Waals surface area contributed by atoms with Crippen LogP contribution in [0.5, 0.6) is 0 Å². The van der Waals surface area contributed by atoms with Crippen LogP contribution in [0, 0.1) is 5.41 Å². The van der Waals surface area contributed by atoms with Crippen molar-refractivity contribution in [3.8, 4) is 0 Å². The van der Waals surface area contributed by atoms with Crippen LogP contribution in [0.4, 0.5) is 0 Å². The van der Waals surface area contributed by atoms with Gasteiger partial charge >= 0.3 is 20.5 Å². The van der Waals surface area contributed by atoms with Crippen LogP contribution >= 0.6 is 23.5 Å². The molecule has 0 radical (unpaired) electrons. The number of fused-ring (bicyclic) bond motifs is 1. The van der Waals surface area contributed by atoms with E-state index < -0.39 is 32.7 Å². The van der Waals surface area contributed by atoms with Gasteiger partial charge in [0.25, 0.3) is 0 Å². The Morgan fingerprint density at radius 3 is 1.91 bits per heavy atom. The second kappa shape index (κ2) is 18.4. The summed E-state index contributed by atoms with van der Waals surface area (Å²) in [5.74, 6) is 1.90. The molecule has 1 fully saturated rings. The van der Waals surface area contributed by atoms with Crippen molar-refractivity contribution in [2.75, 3.05) is 18.6 Å². The minimum atomic E-state index is -3.81. The predicted octanol–water partition coefficient (Wildman–Crippen LogP) is 10.1. The molecule has 1 spiro atoms. The lowest BCUT2D eigenvalue weighted by Gasteiger charge is -2.47. The third-order valence-electron chi connectivity index (χ3n) is 11.2. The quantitative estimate of drug-likeness (QED) is 0.0311. The molecule has 0 bridgehead atoms. The van der Waals surface area contributed by atoms with Gasteiger partial charge in [0.05, 0.1) is 11.2 Å². The molecule has 9 heteroatoms. The fourth-order valence-electron chi connectivity index (χ4n) is 8.13. The smallest absolute Gasteiger partial charge is 0.469 e. The number of ether oxygens (including phenoxy) is 2. The van der Waals surface area contributed by atoms with Crippen LogP contribution in [0.3, 0.4) is 0 Å². The van der Waals surface area contributed by atoms with Crippen LogP contribution in [0.25, 0.3) is 0 Å². The molecule has 1 heterocycles. The summed E-state index contributed by atoms with van der Waals surface area (Å²) in [6.07, 6.45) is 11.5. The predicted molar refractivity (Wildman–Crippen MR) is 239 cm³/mol. The topological polar surface area (TPSA) is 71.1 Å². The van der Waals surface area contributed by atoms with Gasteiger partial charge in [-0.15, -0.1) is 23.5 Å². The van der Waals surface area contributed by atoms with E-state index >= 15 is 0 Å². The SMILES string of the molecule is C=C(O[Si](O[C@@H](c1ccccc1)[C@@H](OC(=O)/C(C)=C/C=C/C(=O)OC)c1ccccc1)(c1ccccc1)c1ccccc1)C1=CCCC2=CC3(CC[C@@]21C)SCCS3. The van der Waals surface area contributed by atoms with E-state index in [-0.39, 0.29) is 9.49 Å². The van der Waals surface area contributed by atoms with Gasteiger partial charge in [-0.25, -0.2) is 9.59 Å². The van der Waals surface area contributed by atoms with Gasteiger partial charge in [-0.2, -0.15) is 0 Å². The van der Waals surface area contributed by atoms with Gasteiger partial charge in [0.2, 0.25) is 0 Å². The van der Waals surface area contributed by atoms with Crippen molar-refractivity contribution >= 4 is 54.4 Å². The summed E-state index contributed by atoms with van der Waals surface area (Å²) in [6.45, 7) is 8.75. The molecule has 4 aromatic rings. The molecule has 3 atom stereocenters. The third kappa shape index (κ3) is 8.93. The number of hydrogen-bond acceptors (Lipinski definition) is 8. The first-order valence-electron chi connectivity index (χ1n) is 19.8. The summed E-state index contributed by atoms with van der Waals surface area (Å²) in [6, 6.07) is 39.9. The molecule has 298 valence electrons. The zero-order chi connectivity index (χ0) is 40.6. The largest absolute Gasteiger partial charge is 0.514 e. The van der Waals surface area contributed by atoms with Gasteiger partial charge in [-0.1, -0.05) is 165 Å². The summed E-state index contributed by atoms with van der Waals surface area (Å²) in [5.41, 5.74) is 4.23. The zero-order valence-electron chi connectivity index (χ0n) is 33.3. The Morgan fingerprint density at radius 2 is 1.34 bits per heavy atom. The van der Waals surface area contributed by atoms with Crippen molar-refractivity contribution in [1.82, 2.24) is 0 Å². The average Bonchev–Trinajstić information content (AvgIpc) is 3.73. The van der Waals surface area contributed by atoms with E-state index in [2.05, 4.69) is 66.9 Å². The molecule has 0 saturated carbocycles. The van der Waals surface area contributed by atoms with Crippen molar-refractivity contribution in [3.63, 3.8) is 0 Å². The van der Waals surface area contributed by atoms with Crippen molar-refractivity contribution < 1.29 is 27.9 Å². The normalized spacial score (nSPS) is 20.0. The summed E-state index contributed by atoms with van der Waals surface area (Å²) >= 11 is 4.18. The average molecular weight is 827 g/mol. The van der Waals surface area contributed by atoms with Gasteiger partial charge in [-0.05, 0) is 49.3 Å². The lowest BCUT2D eigenvalue weighted by molar-refractivity contribution is -0.150. The van der Waals surface area contributed by atoms with E-state index in [0.717, 1.165) is 52.8 Å². The molecule has 58 heavy (non-hydrogen) atoms. The van der Waals surface area contributed by atoms with Crippen LogP contribution < -0.4 is 10.4 Å². The summed E-state index contributed by atoms with van der Waals surface area (Å²) < 4.78 is 26.7. The Labute approximate surface area is 352 Å². The number of rotatable bonds is 14. The first-order valence-corrected chi connectivity index (χ1v) is 23.6. The highest BCUT2D eigenvalue weighted by Gasteiger charge is 2.52. The molecule has 3 aliphatic rings. The second-order valence-electron chi connectivity index (χ2n) is 15.0. The van der Waals surface area contributed by atoms with Gasteiger partial charge in [0.1, 0.15) is 11.9 Å². The number of allylic oxidation sites excluding steroid dienone is 5. The summed E-state index contributed by atoms with van der Waals surface area (Å²) in [5, 5.41) is 1.79. The van der Waals surface area contributed by atoms with Crippen molar-refractivity contribution in [2.45, 2.75) is 55.8 Å². The number of hydrogen-bond donors (Lipinski definition) is 0. The number of methoxy groups -OCH3 is 1. The van der Waals surface area contributed by atoms with Crippen LogP contribution in [-0.4, -0.2) is 43.2 Å². The van der Waals surface area contributed by atoms with Gasteiger partial charge in [-0.3, -0.25) is 0 Å². The fraction of sp³-hybridized carbons (Fsp3) is 0.265. The highest BCUT2D eigenvalue weighted by atomic mass is 32.2. The highest BCUT2D eigenvalue weighted by Crippen LogP contribution is 2.59. The van der Waals surface area contributed by atoms with Crippen LogP contribution in [0.2, 0.25) is 0 Å². The molecule has 1 aliphatic heterocycles. The molecule has 0 amide bonds. The summed E-state index contributed by atoms with van der Waals surface area (Å²) in [4.78, 5) is 25.8. The number of thioether (sulfide) groups is 2. The Kier molecular flexibility index (Phi) is 13.1. The number of carbonyl (C=O) groups is 2. The van der Waals surface area contributed by atoms with E-state index in [1.165, 1.54) is 42.4 Å². The first kappa shape index (κ1) is 41.4. The Balaban J connectivity index is 1.35. The van der Waals surface area contributed by atoms with Crippen molar-refractivity contribution in [2.24, 2.45) is 5.41 Å². The fourth-order valence-corrected chi connectivity index (χ4v) is 14.5. The second-order valence-corrected chi connectivity index (χ2v) is 20.9. The Bertz CT molecular complexity index is 2160. The summed E-state index contributed by atoms with van der Waals surface area (Å²) in [7, 11) is -2.51. The third-order valence-corrected chi connectivity index (χ3v) is 18.0. The molecular formula is C49H50O6S2Si. The minimum Gasteiger partial charge on any atom is -0.514 e. The van der Waals surface area contributed by atoms with Crippen LogP contribution in [0.15, 0.2) is 181 Å². The standard InChI is InChI=1S/C49H50O6S2Si/c1-36(19-17-30-44(50)52-4)47(51)53-45(38-20-9-5-10-21-38)46(39-22-11-6-12-23-39)55-58(41-25-13-7-14-26-41,42-27-15-8-16-28-42)54-37(2)43-29-18-24-40-35-49(56-33-34-57-49)32-31-48(40,43)3/h5-17,19-23,25-30,35,45-46H,2,18,24,31-34H2,1,3-4H3/b30-17+,36-19+/t45-,46-,48-/m0/s1. The molecule has 2 aliphatic carbocycles. The molecule has 0 unspecified atom stereocenters. The van der Waals surface area contributed by atoms with Gasteiger partial charge < -0.3 is 18.3 Å². The first-order chi connectivity index (χ1) is 28.2. The van der Waals surface area contributed by atoms with Crippen molar-refractivity contribution in [1.29, 1.82) is 0 Å². The van der Waals surface area contributed by atoms with E-state index in [4.69, 9.17) is 24.9 Å². The molecule has 7 rings (SSSR count). The van der Waals surface area contributed by atoms with Gasteiger partial charge in [0.15, 0.2) is 6.10 Å². The van der Waals surface area contributed by atoms with E-state index in [9.17, 15) is 9.59 Å². The maximum Gasteiger partial charge on any atom is 0.469 e. The van der Waals surface area contributed by atoms with Crippen LogP contribution in [0.1, 0.15) is 62.9 Å². The maximum absolute atomic E-state index is 14.0. The van der Waals surface area contributed by atoms with Gasteiger partial charge in [0, 0.05) is 38.9 Å². The van der Waals surface area contributed by atoms with Crippen molar-refractivity contribution in [3.05, 3.63) is 192 Å². The number of esters is 2. The van der Waals surface area contributed by atoms with Crippen LogP contribution in [-0.2, 0) is 27.9 Å². The maximum atomic E-state index is 14.0. The highest BCUT2D eigenvalue weighted by molar-refractivity contribution is 8.21. The molecule has 4 aromatic carbocycles. The Hall–Kier alpha value is -4.80. The minimum absolute atomic E-state index is 0.160. The number of benzene rings is 4. The molecule has 0 aromatic heterocycles. The molecule has 6 nitrogen and oxygen atoms in total.